The van der Waals surface area contributed by atoms with Crippen molar-refractivity contribution in [2.75, 3.05) is 16.8 Å². The first-order valence-electron chi connectivity index (χ1n) is 12.1. The Hall–Kier alpha value is -4.78. The number of hydrogen-bond donors (Lipinski definition) is 2. The predicted molar refractivity (Wildman–Crippen MR) is 140 cm³/mol. The summed E-state index contributed by atoms with van der Waals surface area (Å²) < 4.78 is 11.3. The quantitative estimate of drug-likeness (QED) is 0.202. The molecule has 3 heterocycles. The molecule has 3 aromatic carbocycles. The number of amides is 1. The lowest BCUT2D eigenvalue weighted by atomic mass is 9.96. The fraction of sp³-hybridized carbons (Fsp3) is 0.133. The fourth-order valence-corrected chi connectivity index (χ4v) is 4.87. The molecule has 0 bridgehead atoms. The monoisotopic (exact) mass is 492 g/mol. The number of furan rings is 1. The van der Waals surface area contributed by atoms with E-state index in [9.17, 15) is 14.7 Å². The van der Waals surface area contributed by atoms with Crippen molar-refractivity contribution >= 4 is 34.5 Å². The van der Waals surface area contributed by atoms with Gasteiger partial charge in [0.1, 0.15) is 23.3 Å². The van der Waals surface area contributed by atoms with Crippen LogP contribution in [0.15, 0.2) is 101 Å². The van der Waals surface area contributed by atoms with Crippen LogP contribution >= 0.6 is 0 Å². The summed E-state index contributed by atoms with van der Waals surface area (Å²) in [5.74, 6) is -0.575. The highest BCUT2D eigenvalue weighted by atomic mass is 16.5. The number of carbonyl (C=O) groups excluding carboxylic acids is 2. The predicted octanol–water partition coefficient (Wildman–Crippen LogP) is 5.97. The molecule has 184 valence electrons. The Balaban J connectivity index is 1.39. The Morgan fingerprint density at radius 3 is 2.46 bits per heavy atom. The van der Waals surface area contributed by atoms with Gasteiger partial charge in [-0.3, -0.25) is 14.5 Å². The maximum atomic E-state index is 13.3. The van der Waals surface area contributed by atoms with Gasteiger partial charge in [0.05, 0.1) is 18.4 Å². The normalized spacial score (nSPS) is 18.4. The Kier molecular flexibility index (Phi) is 5.73. The number of rotatable bonds is 5. The number of Topliss-reactive ketones (excluding diaryl/α,β-unsaturated/α-hetero) is 1. The smallest absolute Gasteiger partial charge is 0.300 e. The van der Waals surface area contributed by atoms with E-state index in [4.69, 9.17) is 9.15 Å². The first-order chi connectivity index (χ1) is 18.1. The van der Waals surface area contributed by atoms with Gasteiger partial charge in [0.25, 0.3) is 11.7 Å². The standard InChI is InChI=1S/C30H24N2O5/c33-28(20-10-15-24-19(18-20)6-4-16-36-24)26-27(25-9-5-17-37-25)32(30(35)29(26)34)23-13-11-22(12-14-23)31-21-7-2-1-3-8-21/h1-3,5,7-15,17-18,27,31,33H,4,6,16H2/b28-26-. The van der Waals surface area contributed by atoms with Crippen LogP contribution in [0.3, 0.4) is 0 Å². The van der Waals surface area contributed by atoms with Gasteiger partial charge in [-0.2, -0.15) is 0 Å². The van der Waals surface area contributed by atoms with E-state index in [2.05, 4.69) is 5.32 Å². The van der Waals surface area contributed by atoms with E-state index in [1.807, 2.05) is 48.5 Å². The number of ketones is 1. The van der Waals surface area contributed by atoms with E-state index < -0.39 is 17.7 Å². The van der Waals surface area contributed by atoms with Gasteiger partial charge in [0.2, 0.25) is 0 Å². The van der Waals surface area contributed by atoms with Gasteiger partial charge in [0.15, 0.2) is 0 Å². The van der Waals surface area contributed by atoms with Crippen molar-refractivity contribution < 1.29 is 23.8 Å². The topological polar surface area (TPSA) is 92.0 Å². The number of ether oxygens (including phenoxy) is 1. The van der Waals surface area contributed by atoms with Crippen molar-refractivity contribution in [2.45, 2.75) is 18.9 Å². The molecular weight excluding hydrogens is 468 g/mol. The highest BCUT2D eigenvalue weighted by Crippen LogP contribution is 2.43. The number of aryl methyl sites for hydroxylation is 1. The molecule has 1 saturated heterocycles. The number of nitrogens with one attached hydrogen (secondary N) is 1. The summed E-state index contributed by atoms with van der Waals surface area (Å²) in [6.07, 6.45) is 3.18. The number of anilines is 3. The second-order valence-corrected chi connectivity index (χ2v) is 9.00. The maximum absolute atomic E-state index is 13.3. The van der Waals surface area contributed by atoms with Gasteiger partial charge in [-0.25, -0.2) is 0 Å². The van der Waals surface area contributed by atoms with Gasteiger partial charge < -0.3 is 19.6 Å². The van der Waals surface area contributed by atoms with Crippen LogP contribution in [0.25, 0.3) is 5.76 Å². The van der Waals surface area contributed by atoms with Crippen molar-refractivity contribution in [3.8, 4) is 5.75 Å². The molecule has 1 amide bonds. The Morgan fingerprint density at radius 1 is 0.919 bits per heavy atom. The first kappa shape index (κ1) is 22.7. The second-order valence-electron chi connectivity index (χ2n) is 9.00. The largest absolute Gasteiger partial charge is 0.507 e. The highest BCUT2D eigenvalue weighted by Gasteiger charge is 2.48. The minimum atomic E-state index is -0.907. The molecule has 1 atom stereocenters. The number of aliphatic hydroxyl groups is 1. The molecule has 37 heavy (non-hydrogen) atoms. The third kappa shape index (κ3) is 4.14. The van der Waals surface area contributed by atoms with Gasteiger partial charge in [-0.05, 0) is 85.1 Å². The zero-order valence-corrected chi connectivity index (χ0v) is 19.9. The number of nitrogens with zero attached hydrogens (tertiary/aromatic N) is 1. The lowest BCUT2D eigenvalue weighted by Crippen LogP contribution is -2.29. The van der Waals surface area contributed by atoms with Gasteiger partial charge >= 0.3 is 0 Å². The molecule has 7 heteroatoms. The van der Waals surface area contributed by atoms with E-state index in [1.54, 1.807) is 36.4 Å². The van der Waals surface area contributed by atoms with Gasteiger partial charge in [0, 0.05) is 22.6 Å². The number of carbonyl (C=O) groups is 2. The number of benzene rings is 3. The molecule has 0 aliphatic carbocycles. The van der Waals surface area contributed by atoms with E-state index in [1.165, 1.54) is 11.2 Å². The SMILES string of the molecule is O=C1C(=O)N(c2ccc(Nc3ccccc3)cc2)C(c2ccco2)/C1=C(/O)c1ccc2c(c1)CCCO2. The zero-order valence-electron chi connectivity index (χ0n) is 19.9. The fourth-order valence-electron chi connectivity index (χ4n) is 4.87. The maximum Gasteiger partial charge on any atom is 0.300 e. The van der Waals surface area contributed by atoms with Gasteiger partial charge in [-0.1, -0.05) is 18.2 Å². The Bertz CT molecular complexity index is 1490. The second kappa shape index (κ2) is 9.35. The summed E-state index contributed by atoms with van der Waals surface area (Å²) in [7, 11) is 0. The molecule has 1 fully saturated rings. The van der Waals surface area contributed by atoms with Crippen LogP contribution in [0.2, 0.25) is 0 Å². The third-order valence-electron chi connectivity index (χ3n) is 6.65. The third-order valence-corrected chi connectivity index (χ3v) is 6.65. The highest BCUT2D eigenvalue weighted by molar-refractivity contribution is 6.51. The molecule has 6 rings (SSSR count). The number of hydrogen-bond acceptors (Lipinski definition) is 6. The number of fused-ring (bicyclic) bond motifs is 1. The number of aliphatic hydroxyl groups excluding tert-OH is 1. The molecule has 0 radical (unpaired) electrons. The summed E-state index contributed by atoms with van der Waals surface area (Å²) in [5, 5.41) is 14.6. The van der Waals surface area contributed by atoms with Crippen molar-refractivity contribution in [1.29, 1.82) is 0 Å². The van der Waals surface area contributed by atoms with Crippen LogP contribution in [-0.2, 0) is 16.0 Å². The summed E-state index contributed by atoms with van der Waals surface area (Å²) >= 11 is 0. The van der Waals surface area contributed by atoms with E-state index in [-0.39, 0.29) is 11.3 Å². The van der Waals surface area contributed by atoms with Crippen molar-refractivity contribution in [2.24, 2.45) is 0 Å². The van der Waals surface area contributed by atoms with E-state index in [0.29, 0.717) is 23.6 Å². The molecular formula is C30H24N2O5. The van der Waals surface area contributed by atoms with Crippen LogP contribution < -0.4 is 15.0 Å². The minimum absolute atomic E-state index is 0.0110. The zero-order chi connectivity index (χ0) is 25.4. The van der Waals surface area contributed by atoms with Crippen molar-refractivity contribution in [3.63, 3.8) is 0 Å². The van der Waals surface area contributed by atoms with Crippen molar-refractivity contribution in [3.05, 3.63) is 114 Å². The molecule has 1 unspecified atom stereocenters. The van der Waals surface area contributed by atoms with E-state index >= 15 is 0 Å². The first-order valence-corrected chi connectivity index (χ1v) is 12.1. The number of para-hydroxylation sites is 1. The van der Waals surface area contributed by atoms with Gasteiger partial charge in [-0.15, -0.1) is 0 Å². The Labute approximate surface area is 213 Å². The summed E-state index contributed by atoms with van der Waals surface area (Å²) in [6, 6.07) is 24.7. The lowest BCUT2D eigenvalue weighted by Gasteiger charge is -2.24. The summed E-state index contributed by atoms with van der Waals surface area (Å²) in [4.78, 5) is 28.0. The molecule has 4 aromatic rings. The average Bonchev–Trinajstić information content (AvgIpc) is 3.56. The molecule has 2 aliphatic rings. The summed E-state index contributed by atoms with van der Waals surface area (Å²) in [6.45, 7) is 0.654. The van der Waals surface area contributed by atoms with Crippen LogP contribution in [0, 0.1) is 0 Å². The van der Waals surface area contributed by atoms with Crippen molar-refractivity contribution in [1.82, 2.24) is 0 Å². The van der Waals surface area contributed by atoms with E-state index in [0.717, 1.165) is 35.5 Å². The lowest BCUT2D eigenvalue weighted by molar-refractivity contribution is -0.132. The molecule has 2 aliphatic heterocycles. The van der Waals surface area contributed by atoms with Crippen LogP contribution in [-0.4, -0.2) is 23.4 Å². The minimum Gasteiger partial charge on any atom is -0.507 e. The Morgan fingerprint density at radius 2 is 1.70 bits per heavy atom. The molecule has 1 aromatic heterocycles. The van der Waals surface area contributed by atoms with Crippen LogP contribution in [0.5, 0.6) is 5.75 Å². The van der Waals surface area contributed by atoms with Crippen LogP contribution in [0.1, 0.15) is 29.3 Å². The summed E-state index contributed by atoms with van der Waals surface area (Å²) in [5.41, 5.74) is 3.68. The molecule has 2 N–H and O–H groups in total. The molecule has 7 nitrogen and oxygen atoms in total. The van der Waals surface area contributed by atoms with Crippen LogP contribution in [0.4, 0.5) is 17.1 Å². The molecule has 0 spiro atoms. The molecule has 0 saturated carbocycles. The average molecular weight is 493 g/mol.